The molecule has 116 valence electrons. The lowest BCUT2D eigenvalue weighted by Crippen LogP contribution is -2.45. The molecule has 1 atom stereocenters. The van der Waals surface area contributed by atoms with Gasteiger partial charge in [-0.25, -0.2) is 8.42 Å². The molecule has 0 aromatic heterocycles. The number of halogens is 1. The zero-order valence-corrected chi connectivity index (χ0v) is 13.3. The van der Waals surface area contributed by atoms with E-state index in [0.29, 0.717) is 0 Å². The zero-order chi connectivity index (χ0) is 15.6. The summed E-state index contributed by atoms with van der Waals surface area (Å²) in [6.45, 7) is 1.49. The topological polar surface area (TPSA) is 84.5 Å². The van der Waals surface area contributed by atoms with Crippen LogP contribution in [0.25, 0.3) is 0 Å². The summed E-state index contributed by atoms with van der Waals surface area (Å²) < 4.78 is 32.1. The van der Waals surface area contributed by atoms with Crippen LogP contribution >= 0.6 is 11.6 Å². The maximum Gasteiger partial charge on any atom is 0.245 e. The van der Waals surface area contributed by atoms with E-state index in [2.05, 4.69) is 10.0 Å². The molecule has 0 bridgehead atoms. The van der Waals surface area contributed by atoms with E-state index in [1.807, 2.05) is 0 Å². The number of carbonyl (C=O) groups is 1. The van der Waals surface area contributed by atoms with Gasteiger partial charge in [-0.1, -0.05) is 11.6 Å². The third kappa shape index (κ3) is 4.09. The van der Waals surface area contributed by atoms with Gasteiger partial charge in [0.05, 0.1) is 13.2 Å². The second-order valence-corrected chi connectivity index (χ2v) is 7.04. The van der Waals surface area contributed by atoms with Crippen LogP contribution in [0.1, 0.15) is 19.8 Å². The predicted molar refractivity (Wildman–Crippen MR) is 79.0 cm³/mol. The molecule has 0 spiro atoms. The summed E-state index contributed by atoms with van der Waals surface area (Å²) in [5, 5.41) is 3.01. The number of nitrogens with one attached hydrogen (secondary N) is 2. The molecular formula is C13H17ClN2O4S. The van der Waals surface area contributed by atoms with Gasteiger partial charge in [-0.3, -0.25) is 4.79 Å². The summed E-state index contributed by atoms with van der Waals surface area (Å²) >= 11 is 5.83. The Morgan fingerprint density at radius 1 is 1.43 bits per heavy atom. The summed E-state index contributed by atoms with van der Waals surface area (Å²) in [6, 6.07) is 3.58. The van der Waals surface area contributed by atoms with Gasteiger partial charge in [-0.15, -0.1) is 0 Å². The first-order valence-electron chi connectivity index (χ1n) is 6.49. The summed E-state index contributed by atoms with van der Waals surface area (Å²) in [4.78, 5) is 11.7. The second kappa shape index (κ2) is 6.21. The van der Waals surface area contributed by atoms with Crippen LogP contribution in [0.3, 0.4) is 0 Å². The van der Waals surface area contributed by atoms with Crippen molar-refractivity contribution in [3.63, 3.8) is 0 Å². The fraction of sp³-hybridized carbons (Fsp3) is 0.462. The maximum absolute atomic E-state index is 12.4. The molecule has 1 amide bonds. The van der Waals surface area contributed by atoms with E-state index in [0.717, 1.165) is 12.8 Å². The van der Waals surface area contributed by atoms with Crippen LogP contribution in [0.4, 0.5) is 0 Å². The number of hydrogen-bond donors (Lipinski definition) is 2. The van der Waals surface area contributed by atoms with Crippen molar-refractivity contribution in [1.29, 1.82) is 0 Å². The Hall–Kier alpha value is -1.31. The number of methoxy groups -OCH3 is 1. The Kier molecular flexibility index (Phi) is 4.75. The van der Waals surface area contributed by atoms with E-state index in [-0.39, 0.29) is 27.6 Å². The Morgan fingerprint density at radius 3 is 2.67 bits per heavy atom. The highest BCUT2D eigenvalue weighted by Crippen LogP contribution is 2.27. The number of rotatable bonds is 6. The predicted octanol–water partition coefficient (Wildman–Crippen LogP) is 1.29. The number of carbonyl (C=O) groups excluding carboxylic acids is 1. The van der Waals surface area contributed by atoms with Gasteiger partial charge in [-0.2, -0.15) is 4.72 Å². The van der Waals surface area contributed by atoms with Crippen LogP contribution in [0, 0.1) is 0 Å². The molecule has 0 saturated heterocycles. The SMILES string of the molecule is COc1ccc(Cl)cc1S(=O)(=O)N[C@@H](C)C(=O)NC1CC1. The minimum absolute atomic E-state index is 0.0939. The van der Waals surface area contributed by atoms with E-state index >= 15 is 0 Å². The molecule has 1 aromatic carbocycles. The van der Waals surface area contributed by atoms with Gasteiger partial charge in [-0.05, 0) is 38.0 Å². The van der Waals surface area contributed by atoms with Gasteiger partial charge in [0.1, 0.15) is 10.6 Å². The summed E-state index contributed by atoms with van der Waals surface area (Å²) in [5.41, 5.74) is 0. The number of hydrogen-bond acceptors (Lipinski definition) is 4. The van der Waals surface area contributed by atoms with Crippen LogP contribution in [-0.4, -0.2) is 33.5 Å². The molecule has 21 heavy (non-hydrogen) atoms. The fourth-order valence-corrected chi connectivity index (χ4v) is 3.40. The van der Waals surface area contributed by atoms with Crippen molar-refractivity contribution in [2.24, 2.45) is 0 Å². The van der Waals surface area contributed by atoms with E-state index in [9.17, 15) is 13.2 Å². The van der Waals surface area contributed by atoms with Crippen molar-refractivity contribution in [1.82, 2.24) is 10.0 Å². The van der Waals surface area contributed by atoms with Gasteiger partial charge < -0.3 is 10.1 Å². The van der Waals surface area contributed by atoms with Crippen molar-refractivity contribution in [3.8, 4) is 5.75 Å². The summed E-state index contributed by atoms with van der Waals surface area (Å²) in [5.74, 6) is -0.177. The average Bonchev–Trinajstić information content (AvgIpc) is 3.22. The quantitative estimate of drug-likeness (QED) is 0.822. The standard InChI is InChI=1S/C13H17ClN2O4S/c1-8(13(17)15-10-4-5-10)16-21(18,19)12-7-9(14)3-6-11(12)20-2/h3,6-8,10,16H,4-5H2,1-2H3,(H,15,17)/t8-/m0/s1. The second-order valence-electron chi connectivity index (χ2n) is 4.92. The molecule has 2 rings (SSSR count). The van der Waals surface area contributed by atoms with E-state index in [1.165, 1.54) is 32.2 Å². The lowest BCUT2D eigenvalue weighted by atomic mass is 10.3. The molecule has 1 saturated carbocycles. The number of amides is 1. The van der Waals surface area contributed by atoms with Crippen LogP contribution in [0.15, 0.2) is 23.1 Å². The molecule has 6 nitrogen and oxygen atoms in total. The highest BCUT2D eigenvalue weighted by atomic mass is 35.5. The highest BCUT2D eigenvalue weighted by Gasteiger charge is 2.29. The molecule has 0 radical (unpaired) electrons. The largest absolute Gasteiger partial charge is 0.495 e. The maximum atomic E-state index is 12.4. The molecule has 0 aliphatic heterocycles. The zero-order valence-electron chi connectivity index (χ0n) is 11.7. The summed E-state index contributed by atoms with van der Waals surface area (Å²) in [6.07, 6.45) is 1.88. The van der Waals surface area contributed by atoms with Crippen molar-refractivity contribution in [2.45, 2.75) is 36.7 Å². The van der Waals surface area contributed by atoms with E-state index in [4.69, 9.17) is 16.3 Å². The lowest BCUT2D eigenvalue weighted by Gasteiger charge is -2.16. The smallest absolute Gasteiger partial charge is 0.245 e. The number of ether oxygens (including phenoxy) is 1. The van der Waals surface area contributed by atoms with Crippen LogP contribution in [0.5, 0.6) is 5.75 Å². The third-order valence-corrected chi connectivity index (χ3v) is 4.86. The molecule has 0 unspecified atom stereocenters. The van der Waals surface area contributed by atoms with Gasteiger partial charge in [0, 0.05) is 11.1 Å². The Labute approximate surface area is 128 Å². The Bertz CT molecular complexity index is 644. The van der Waals surface area contributed by atoms with Crippen molar-refractivity contribution >= 4 is 27.5 Å². The van der Waals surface area contributed by atoms with Gasteiger partial charge in [0.15, 0.2) is 0 Å². The molecule has 1 aliphatic rings. The number of sulfonamides is 1. The van der Waals surface area contributed by atoms with Crippen molar-refractivity contribution in [3.05, 3.63) is 23.2 Å². The average molecular weight is 333 g/mol. The van der Waals surface area contributed by atoms with Crippen molar-refractivity contribution < 1.29 is 17.9 Å². The molecule has 1 fully saturated rings. The molecular weight excluding hydrogens is 316 g/mol. The van der Waals surface area contributed by atoms with E-state index < -0.39 is 16.1 Å². The van der Waals surface area contributed by atoms with Crippen LogP contribution in [0.2, 0.25) is 5.02 Å². The van der Waals surface area contributed by atoms with Gasteiger partial charge in [0.25, 0.3) is 0 Å². The first-order chi connectivity index (χ1) is 9.83. The highest BCUT2D eigenvalue weighted by molar-refractivity contribution is 7.89. The first kappa shape index (κ1) is 16.1. The molecule has 2 N–H and O–H groups in total. The Morgan fingerprint density at radius 2 is 2.10 bits per heavy atom. The van der Waals surface area contributed by atoms with E-state index in [1.54, 1.807) is 0 Å². The van der Waals surface area contributed by atoms with Crippen LogP contribution in [-0.2, 0) is 14.8 Å². The Balaban J connectivity index is 2.17. The third-order valence-electron chi connectivity index (χ3n) is 3.06. The van der Waals surface area contributed by atoms with Gasteiger partial charge in [0.2, 0.25) is 15.9 Å². The molecule has 1 aromatic rings. The van der Waals surface area contributed by atoms with Crippen molar-refractivity contribution in [2.75, 3.05) is 7.11 Å². The molecule has 8 heteroatoms. The van der Waals surface area contributed by atoms with Gasteiger partial charge >= 0.3 is 0 Å². The minimum atomic E-state index is -3.91. The lowest BCUT2D eigenvalue weighted by molar-refractivity contribution is -0.122. The first-order valence-corrected chi connectivity index (χ1v) is 8.36. The minimum Gasteiger partial charge on any atom is -0.495 e. The normalized spacial score (nSPS) is 16.3. The monoisotopic (exact) mass is 332 g/mol. The molecule has 0 heterocycles. The summed E-state index contributed by atoms with van der Waals surface area (Å²) in [7, 11) is -2.54. The molecule has 1 aliphatic carbocycles. The van der Waals surface area contributed by atoms with Crippen LogP contribution < -0.4 is 14.8 Å². The number of benzene rings is 1. The fourth-order valence-electron chi connectivity index (χ4n) is 1.76.